The van der Waals surface area contributed by atoms with E-state index in [2.05, 4.69) is 20.3 Å². The summed E-state index contributed by atoms with van der Waals surface area (Å²) in [4.78, 5) is 12.9. The van der Waals surface area contributed by atoms with Crippen molar-refractivity contribution in [2.24, 2.45) is 20.9 Å². The van der Waals surface area contributed by atoms with Crippen molar-refractivity contribution in [3.63, 3.8) is 0 Å². The highest BCUT2D eigenvalue weighted by Crippen LogP contribution is 2.45. The molecule has 4 rings (SSSR count). The summed E-state index contributed by atoms with van der Waals surface area (Å²) in [6.07, 6.45) is -3.49. The maximum atomic E-state index is 14.2. The van der Waals surface area contributed by atoms with Crippen LogP contribution in [0.2, 0.25) is 0 Å². The highest BCUT2D eigenvalue weighted by atomic mass is 32.2. The van der Waals surface area contributed by atoms with Crippen molar-refractivity contribution in [3.8, 4) is 11.3 Å². The minimum Gasteiger partial charge on any atom is -0.382 e. The summed E-state index contributed by atoms with van der Waals surface area (Å²) < 4.78 is 79.5. The van der Waals surface area contributed by atoms with Crippen molar-refractivity contribution in [3.05, 3.63) is 77.7 Å². The molecule has 0 unspecified atom stereocenters. The number of aromatic nitrogens is 1. The number of nitrogens with zero attached hydrogens (tertiary/aromatic N) is 3. The standard InChI is InChI=1S/C28H30F4N6O2S/c1-18(35-17-19-6-5-7-22(16-19)41(34,39)40)36-24-13-12-23(20-8-10-21(29)11-9-20)37-25(24)26(33)38-27(28(30,31)32)14-3-2-4-15-27/h5-13,16H,2-4,14-15,17H2,1H3,(H2,33,38)(H,35,36)(H2,34,39,40). The van der Waals surface area contributed by atoms with E-state index in [1.54, 1.807) is 31.2 Å². The van der Waals surface area contributed by atoms with Crippen molar-refractivity contribution in [2.45, 2.75) is 62.2 Å². The number of sulfonamides is 1. The van der Waals surface area contributed by atoms with Crippen LogP contribution in [-0.4, -0.2) is 36.8 Å². The molecule has 0 spiro atoms. The number of nitrogens with two attached hydrogens (primary N) is 2. The number of hydrogen-bond donors (Lipinski definition) is 3. The van der Waals surface area contributed by atoms with Crippen molar-refractivity contribution in [2.75, 3.05) is 5.32 Å². The van der Waals surface area contributed by atoms with Crippen LogP contribution in [-0.2, 0) is 16.6 Å². The number of aliphatic imine (C=N–C) groups is 2. The molecule has 0 radical (unpaired) electrons. The molecule has 0 amide bonds. The first kappa shape index (κ1) is 30.1. The number of anilines is 1. The van der Waals surface area contributed by atoms with E-state index in [0.29, 0.717) is 41.9 Å². The van der Waals surface area contributed by atoms with Crippen molar-refractivity contribution in [1.82, 2.24) is 4.98 Å². The summed E-state index contributed by atoms with van der Waals surface area (Å²) in [5, 5.41) is 8.22. The zero-order valence-corrected chi connectivity index (χ0v) is 23.1. The summed E-state index contributed by atoms with van der Waals surface area (Å²) in [6.45, 7) is 1.73. The fraction of sp³-hybridized carbons (Fsp3) is 0.321. The Hall–Kier alpha value is -3.84. The number of rotatable bonds is 7. The predicted molar refractivity (Wildman–Crippen MR) is 150 cm³/mol. The van der Waals surface area contributed by atoms with Gasteiger partial charge in [0, 0.05) is 5.56 Å². The Balaban J connectivity index is 1.71. The highest BCUT2D eigenvalue weighted by Gasteiger charge is 2.55. The monoisotopic (exact) mass is 590 g/mol. The minimum absolute atomic E-state index is 0.00760. The molecule has 5 N–H and O–H groups in total. The van der Waals surface area contributed by atoms with E-state index in [0.717, 1.165) is 0 Å². The summed E-state index contributed by atoms with van der Waals surface area (Å²) in [6, 6.07) is 14.7. The number of hydrogen-bond acceptors (Lipinski definition) is 5. The first-order valence-electron chi connectivity index (χ1n) is 12.9. The van der Waals surface area contributed by atoms with Crippen LogP contribution in [0.25, 0.3) is 11.3 Å². The molecule has 3 aromatic rings. The van der Waals surface area contributed by atoms with Gasteiger partial charge in [-0.3, -0.25) is 9.98 Å². The van der Waals surface area contributed by atoms with Crippen LogP contribution >= 0.6 is 0 Å². The van der Waals surface area contributed by atoms with Gasteiger partial charge in [-0.2, -0.15) is 13.2 Å². The van der Waals surface area contributed by atoms with Gasteiger partial charge in [-0.25, -0.2) is 22.9 Å². The van der Waals surface area contributed by atoms with Crippen molar-refractivity contribution in [1.29, 1.82) is 0 Å². The molecule has 0 bridgehead atoms. The highest BCUT2D eigenvalue weighted by molar-refractivity contribution is 7.89. The van der Waals surface area contributed by atoms with Gasteiger partial charge in [-0.05, 0) is 73.9 Å². The fourth-order valence-corrected chi connectivity index (χ4v) is 5.26. The molecule has 13 heteroatoms. The number of primary sulfonamides is 1. The molecule has 0 atom stereocenters. The van der Waals surface area contributed by atoms with Gasteiger partial charge in [0.05, 0.1) is 28.7 Å². The zero-order chi connectivity index (χ0) is 29.8. The molecule has 2 aromatic carbocycles. The first-order valence-corrected chi connectivity index (χ1v) is 14.4. The molecule has 8 nitrogen and oxygen atoms in total. The van der Waals surface area contributed by atoms with Gasteiger partial charge in [0.25, 0.3) is 0 Å². The Morgan fingerprint density at radius 3 is 2.37 bits per heavy atom. The Morgan fingerprint density at radius 2 is 1.73 bits per heavy atom. The fourth-order valence-electron chi connectivity index (χ4n) is 4.68. The lowest BCUT2D eigenvalue weighted by Gasteiger charge is -2.35. The van der Waals surface area contributed by atoms with E-state index < -0.39 is 27.6 Å². The Kier molecular flexibility index (Phi) is 8.78. The third kappa shape index (κ3) is 7.27. The number of nitrogens with one attached hydrogen (secondary N) is 1. The topological polar surface area (TPSA) is 136 Å². The van der Waals surface area contributed by atoms with Gasteiger partial charge < -0.3 is 11.1 Å². The molecule has 0 saturated heterocycles. The number of benzene rings is 2. The van der Waals surface area contributed by atoms with Gasteiger partial charge >= 0.3 is 6.18 Å². The molecule has 218 valence electrons. The maximum absolute atomic E-state index is 14.2. The van der Waals surface area contributed by atoms with Crippen LogP contribution in [0.3, 0.4) is 0 Å². The number of alkyl halides is 3. The Bertz CT molecular complexity index is 1570. The Labute approximate surface area is 235 Å². The minimum atomic E-state index is -4.59. The molecule has 1 heterocycles. The second kappa shape index (κ2) is 12.0. The summed E-state index contributed by atoms with van der Waals surface area (Å²) in [5.74, 6) is -0.469. The van der Waals surface area contributed by atoms with E-state index in [9.17, 15) is 26.0 Å². The average Bonchev–Trinajstić information content (AvgIpc) is 2.92. The molecule has 1 saturated carbocycles. The SMILES string of the molecule is CC(=NCc1cccc(S(N)(=O)=O)c1)Nc1ccc(-c2ccc(F)cc2)nc1C(N)=NC1(C(F)(F)F)CCCCC1. The van der Waals surface area contributed by atoms with Crippen LogP contribution in [0.15, 0.2) is 75.5 Å². The lowest BCUT2D eigenvalue weighted by Crippen LogP contribution is -2.46. The van der Waals surface area contributed by atoms with E-state index in [-0.39, 0.29) is 41.5 Å². The van der Waals surface area contributed by atoms with Crippen LogP contribution < -0.4 is 16.2 Å². The molecule has 1 fully saturated rings. The maximum Gasteiger partial charge on any atom is 0.413 e. The lowest BCUT2D eigenvalue weighted by molar-refractivity contribution is -0.192. The molecule has 1 aliphatic carbocycles. The number of pyridine rings is 1. The van der Waals surface area contributed by atoms with Crippen LogP contribution in [0.4, 0.5) is 23.2 Å². The van der Waals surface area contributed by atoms with E-state index in [1.165, 1.54) is 36.4 Å². The summed E-state index contributed by atoms with van der Waals surface area (Å²) >= 11 is 0. The second-order valence-electron chi connectivity index (χ2n) is 9.91. The van der Waals surface area contributed by atoms with Crippen LogP contribution in [0.5, 0.6) is 0 Å². The molecule has 0 aliphatic heterocycles. The molecule has 1 aromatic heterocycles. The van der Waals surface area contributed by atoms with Crippen LogP contribution in [0.1, 0.15) is 50.3 Å². The lowest BCUT2D eigenvalue weighted by atomic mass is 9.81. The van der Waals surface area contributed by atoms with Gasteiger partial charge in [0.2, 0.25) is 10.0 Å². The third-order valence-corrected chi connectivity index (χ3v) is 7.77. The van der Waals surface area contributed by atoms with Gasteiger partial charge in [-0.15, -0.1) is 0 Å². The molecular formula is C28H30F4N6O2S. The summed E-state index contributed by atoms with van der Waals surface area (Å²) in [7, 11) is -3.89. The largest absolute Gasteiger partial charge is 0.413 e. The quantitative estimate of drug-likeness (QED) is 0.189. The van der Waals surface area contributed by atoms with Gasteiger partial charge in [-0.1, -0.05) is 31.4 Å². The van der Waals surface area contributed by atoms with Crippen molar-refractivity contribution >= 4 is 27.4 Å². The normalized spacial score (nSPS) is 16.4. The first-order chi connectivity index (χ1) is 19.3. The second-order valence-corrected chi connectivity index (χ2v) is 11.5. The molecule has 1 aliphatic rings. The van der Waals surface area contributed by atoms with Gasteiger partial charge in [0.1, 0.15) is 17.3 Å². The molecular weight excluding hydrogens is 560 g/mol. The van der Waals surface area contributed by atoms with Crippen LogP contribution in [0, 0.1) is 5.82 Å². The van der Waals surface area contributed by atoms with E-state index in [4.69, 9.17) is 10.9 Å². The Morgan fingerprint density at radius 1 is 1.05 bits per heavy atom. The van der Waals surface area contributed by atoms with Crippen molar-refractivity contribution < 1.29 is 26.0 Å². The number of amidine groups is 2. The van der Waals surface area contributed by atoms with Gasteiger partial charge in [0.15, 0.2) is 5.54 Å². The third-order valence-electron chi connectivity index (χ3n) is 6.86. The number of halogens is 4. The predicted octanol–water partition coefficient (Wildman–Crippen LogP) is 5.54. The van der Waals surface area contributed by atoms with E-state index >= 15 is 0 Å². The molecule has 41 heavy (non-hydrogen) atoms. The van der Waals surface area contributed by atoms with E-state index in [1.807, 2.05) is 0 Å². The zero-order valence-electron chi connectivity index (χ0n) is 22.2. The summed E-state index contributed by atoms with van der Waals surface area (Å²) in [5.41, 5.74) is 5.69. The smallest absolute Gasteiger partial charge is 0.382 e. The average molecular weight is 591 g/mol.